The molecule has 2 aliphatic heterocycles. The van der Waals surface area contributed by atoms with E-state index in [1.54, 1.807) is 0 Å². The van der Waals surface area contributed by atoms with Gasteiger partial charge in [0.15, 0.2) is 0 Å². The third-order valence-corrected chi connectivity index (χ3v) is 2.75. The number of hydrogen-bond acceptors (Lipinski definition) is 4. The van der Waals surface area contributed by atoms with Gasteiger partial charge in [0.2, 0.25) is 0 Å². The molecule has 0 saturated carbocycles. The maximum atomic E-state index is 9.30. The first-order valence-corrected chi connectivity index (χ1v) is 4.39. The van der Waals surface area contributed by atoms with E-state index in [1.807, 2.05) is 23.0 Å². The van der Waals surface area contributed by atoms with Gasteiger partial charge in [0.1, 0.15) is 47.4 Å². The van der Waals surface area contributed by atoms with Crippen LogP contribution in [0.3, 0.4) is 0 Å². The summed E-state index contributed by atoms with van der Waals surface area (Å²) in [6.07, 6.45) is -0.731. The molecule has 2 fully saturated rings. The Bertz CT molecular complexity index is 154. The van der Waals surface area contributed by atoms with E-state index in [0.29, 0.717) is 13.2 Å². The lowest BCUT2D eigenvalue weighted by molar-refractivity contribution is 0.0138. The SMILES string of the molecule is O[C@@H]1CO[C@H]2[C@@H]1OC[C@H]2OI. The second-order valence-electron chi connectivity index (χ2n) is 2.79. The van der Waals surface area contributed by atoms with Crippen LogP contribution in [0.5, 0.6) is 0 Å². The molecule has 0 unspecified atom stereocenters. The van der Waals surface area contributed by atoms with Crippen molar-refractivity contribution in [2.75, 3.05) is 13.2 Å². The zero-order valence-electron chi connectivity index (χ0n) is 5.77. The summed E-state index contributed by atoms with van der Waals surface area (Å²) in [5.41, 5.74) is 0. The molecular formula is C6H9IO4. The molecule has 1 N–H and O–H groups in total. The first kappa shape index (κ1) is 8.18. The predicted octanol–water partition coefficient (Wildman–Crippen LogP) is -0.120. The Labute approximate surface area is 78.5 Å². The molecule has 0 spiro atoms. The Balaban J connectivity index is 2.04. The number of hydrogen-bond donors (Lipinski definition) is 1. The van der Waals surface area contributed by atoms with E-state index in [9.17, 15) is 5.11 Å². The van der Waals surface area contributed by atoms with Gasteiger partial charge in [0, 0.05) is 0 Å². The number of fused-ring (bicyclic) bond motifs is 1. The summed E-state index contributed by atoms with van der Waals surface area (Å²) in [4.78, 5) is 0. The largest absolute Gasteiger partial charge is 0.388 e. The van der Waals surface area contributed by atoms with Crippen molar-refractivity contribution in [2.24, 2.45) is 0 Å². The number of ether oxygens (including phenoxy) is 2. The van der Waals surface area contributed by atoms with Gasteiger partial charge in [0.25, 0.3) is 0 Å². The monoisotopic (exact) mass is 272 g/mol. The minimum absolute atomic E-state index is 0.0160. The summed E-state index contributed by atoms with van der Waals surface area (Å²) in [6, 6.07) is 0. The summed E-state index contributed by atoms with van der Waals surface area (Å²) < 4.78 is 15.7. The van der Waals surface area contributed by atoms with E-state index < -0.39 is 6.10 Å². The Morgan fingerprint density at radius 3 is 2.73 bits per heavy atom. The third-order valence-electron chi connectivity index (χ3n) is 2.10. The number of aliphatic hydroxyl groups is 1. The van der Waals surface area contributed by atoms with Gasteiger partial charge in [-0.05, 0) is 0 Å². The highest BCUT2D eigenvalue weighted by atomic mass is 127. The quantitative estimate of drug-likeness (QED) is 0.676. The van der Waals surface area contributed by atoms with Crippen LogP contribution in [0.1, 0.15) is 0 Å². The molecule has 4 atom stereocenters. The van der Waals surface area contributed by atoms with Gasteiger partial charge in [0.05, 0.1) is 13.2 Å². The van der Waals surface area contributed by atoms with Crippen molar-refractivity contribution in [2.45, 2.75) is 24.4 Å². The van der Waals surface area contributed by atoms with Crippen LogP contribution < -0.4 is 0 Å². The second kappa shape index (κ2) is 3.14. The zero-order valence-corrected chi connectivity index (χ0v) is 7.93. The minimum Gasteiger partial charge on any atom is -0.388 e. The Morgan fingerprint density at radius 2 is 2.00 bits per heavy atom. The maximum absolute atomic E-state index is 9.30. The fourth-order valence-corrected chi connectivity index (χ4v) is 1.96. The van der Waals surface area contributed by atoms with Crippen molar-refractivity contribution < 1.29 is 17.6 Å². The molecule has 0 aliphatic carbocycles. The third kappa shape index (κ3) is 1.29. The fourth-order valence-electron chi connectivity index (χ4n) is 1.52. The Kier molecular flexibility index (Phi) is 2.33. The van der Waals surface area contributed by atoms with E-state index in [-0.39, 0.29) is 18.3 Å². The molecule has 0 aromatic carbocycles. The highest BCUT2D eigenvalue weighted by Gasteiger charge is 2.47. The molecule has 2 heterocycles. The van der Waals surface area contributed by atoms with Gasteiger partial charge < -0.3 is 17.6 Å². The van der Waals surface area contributed by atoms with Crippen LogP contribution in [0.2, 0.25) is 0 Å². The zero-order chi connectivity index (χ0) is 7.84. The average molecular weight is 272 g/mol. The van der Waals surface area contributed by atoms with E-state index in [4.69, 9.17) is 12.5 Å². The van der Waals surface area contributed by atoms with Crippen LogP contribution >= 0.6 is 23.0 Å². The van der Waals surface area contributed by atoms with Crippen molar-refractivity contribution in [1.29, 1.82) is 0 Å². The van der Waals surface area contributed by atoms with Crippen LogP contribution in [0.4, 0.5) is 0 Å². The van der Waals surface area contributed by atoms with Crippen molar-refractivity contribution >= 4 is 23.0 Å². The van der Waals surface area contributed by atoms with Crippen LogP contribution in [0.25, 0.3) is 0 Å². The normalized spacial score (nSPS) is 49.6. The van der Waals surface area contributed by atoms with Gasteiger partial charge in [-0.1, -0.05) is 0 Å². The number of halogens is 1. The molecule has 2 saturated heterocycles. The molecule has 0 bridgehead atoms. The van der Waals surface area contributed by atoms with Crippen LogP contribution in [-0.2, 0) is 12.5 Å². The van der Waals surface area contributed by atoms with Crippen molar-refractivity contribution in [3.05, 3.63) is 0 Å². The Hall–Kier alpha value is 0.570. The average Bonchev–Trinajstić information content (AvgIpc) is 2.53. The van der Waals surface area contributed by atoms with Crippen LogP contribution in [0.15, 0.2) is 0 Å². The summed E-state index contributed by atoms with van der Waals surface area (Å²) in [6.45, 7) is 0.890. The maximum Gasteiger partial charge on any atom is 0.122 e. The molecule has 2 aliphatic rings. The highest BCUT2D eigenvalue weighted by Crippen LogP contribution is 2.29. The Morgan fingerprint density at radius 1 is 1.27 bits per heavy atom. The van der Waals surface area contributed by atoms with Crippen LogP contribution in [0, 0.1) is 0 Å². The van der Waals surface area contributed by atoms with Gasteiger partial charge in [-0.3, -0.25) is 0 Å². The molecule has 0 amide bonds. The molecule has 64 valence electrons. The molecule has 4 nitrogen and oxygen atoms in total. The molecule has 5 heteroatoms. The first-order chi connectivity index (χ1) is 5.33. The predicted molar refractivity (Wildman–Crippen MR) is 44.4 cm³/mol. The molecule has 0 aromatic rings. The van der Waals surface area contributed by atoms with E-state index in [1.165, 1.54) is 0 Å². The number of rotatable bonds is 1. The molecular weight excluding hydrogens is 263 g/mol. The van der Waals surface area contributed by atoms with Crippen molar-refractivity contribution in [3.8, 4) is 0 Å². The number of aliphatic hydroxyl groups excluding tert-OH is 1. The second-order valence-corrected chi connectivity index (χ2v) is 3.30. The summed E-state index contributed by atoms with van der Waals surface area (Å²) >= 11 is 1.83. The molecule has 11 heavy (non-hydrogen) atoms. The first-order valence-electron chi connectivity index (χ1n) is 3.51. The summed E-state index contributed by atoms with van der Waals surface area (Å²) in [5.74, 6) is 0. The highest BCUT2D eigenvalue weighted by molar-refractivity contribution is 14.1. The van der Waals surface area contributed by atoms with Crippen molar-refractivity contribution in [3.63, 3.8) is 0 Å². The fraction of sp³-hybridized carbons (Fsp3) is 1.00. The minimum atomic E-state index is -0.475. The lowest BCUT2D eigenvalue weighted by Crippen LogP contribution is -2.31. The lowest BCUT2D eigenvalue weighted by atomic mass is 10.1. The standard InChI is InChI=1S/C6H9IO4/c7-11-4-2-10-5-3(8)1-9-6(4)5/h3-6,8H,1-2H2/t3-,4-,5-,6-/m1/s1. The molecule has 2 rings (SSSR count). The van der Waals surface area contributed by atoms with Crippen molar-refractivity contribution in [1.82, 2.24) is 0 Å². The van der Waals surface area contributed by atoms with Crippen LogP contribution in [-0.4, -0.2) is 42.7 Å². The van der Waals surface area contributed by atoms with E-state index in [2.05, 4.69) is 0 Å². The van der Waals surface area contributed by atoms with Gasteiger partial charge >= 0.3 is 0 Å². The summed E-state index contributed by atoms with van der Waals surface area (Å²) in [7, 11) is 0. The topological polar surface area (TPSA) is 47.9 Å². The molecule has 0 radical (unpaired) electrons. The molecule has 0 aromatic heterocycles. The van der Waals surface area contributed by atoms with Gasteiger partial charge in [-0.25, -0.2) is 0 Å². The van der Waals surface area contributed by atoms with E-state index in [0.717, 1.165) is 0 Å². The van der Waals surface area contributed by atoms with Gasteiger partial charge in [-0.15, -0.1) is 0 Å². The van der Waals surface area contributed by atoms with Gasteiger partial charge in [-0.2, -0.15) is 0 Å². The van der Waals surface area contributed by atoms with E-state index >= 15 is 0 Å². The lowest BCUT2D eigenvalue weighted by Gasteiger charge is -2.11. The summed E-state index contributed by atoms with van der Waals surface area (Å²) in [5, 5.41) is 9.30. The smallest absolute Gasteiger partial charge is 0.122 e.